The molecule has 21 heavy (non-hydrogen) atoms. The molecular formula is C14H22Cl2N2O2S. The van der Waals surface area contributed by atoms with Gasteiger partial charge in [-0.1, -0.05) is 11.6 Å². The normalized spacial score (nSPS) is 11.5. The molecule has 0 aliphatic heterocycles. The van der Waals surface area contributed by atoms with E-state index in [2.05, 4.69) is 0 Å². The number of carbonyl (C=O) groups is 1. The van der Waals surface area contributed by atoms with Crippen LogP contribution < -0.4 is 10.5 Å². The molecule has 120 valence electrons. The van der Waals surface area contributed by atoms with Gasteiger partial charge in [0.15, 0.2) is 0 Å². The first-order valence-corrected chi connectivity index (χ1v) is 8.08. The Balaban J connectivity index is 0.00000400. The number of benzene rings is 1. The van der Waals surface area contributed by atoms with Crippen LogP contribution in [0.3, 0.4) is 0 Å². The molecule has 0 radical (unpaired) electrons. The van der Waals surface area contributed by atoms with Gasteiger partial charge in [-0.2, -0.15) is 11.8 Å². The average molecular weight is 353 g/mol. The molecular weight excluding hydrogens is 331 g/mol. The van der Waals surface area contributed by atoms with Gasteiger partial charge in [0.25, 0.3) is 0 Å². The Morgan fingerprint density at radius 2 is 2.19 bits per heavy atom. The molecule has 1 amide bonds. The van der Waals surface area contributed by atoms with Crippen molar-refractivity contribution in [2.75, 3.05) is 26.2 Å². The van der Waals surface area contributed by atoms with E-state index in [0.29, 0.717) is 23.7 Å². The quantitative estimate of drug-likeness (QED) is 0.819. The van der Waals surface area contributed by atoms with Crippen LogP contribution in [0.4, 0.5) is 0 Å². The van der Waals surface area contributed by atoms with E-state index in [9.17, 15) is 4.79 Å². The molecule has 0 aliphatic rings. The molecule has 0 spiro atoms. The molecule has 1 aromatic carbocycles. The molecule has 1 rings (SSSR count). The lowest BCUT2D eigenvalue weighted by molar-refractivity contribution is -0.131. The van der Waals surface area contributed by atoms with Crippen molar-refractivity contribution in [3.05, 3.63) is 28.8 Å². The van der Waals surface area contributed by atoms with Crippen LogP contribution in [-0.4, -0.2) is 43.0 Å². The summed E-state index contributed by atoms with van der Waals surface area (Å²) in [4.78, 5) is 13.8. The van der Waals surface area contributed by atoms with Gasteiger partial charge in [0.2, 0.25) is 5.91 Å². The van der Waals surface area contributed by atoms with Gasteiger partial charge in [-0.15, -0.1) is 12.4 Å². The molecule has 2 N–H and O–H groups in total. The minimum absolute atomic E-state index is 0. The van der Waals surface area contributed by atoms with E-state index in [0.717, 1.165) is 11.3 Å². The van der Waals surface area contributed by atoms with Crippen LogP contribution in [0.15, 0.2) is 18.2 Å². The second-order valence-corrected chi connectivity index (χ2v) is 5.96. The lowest BCUT2D eigenvalue weighted by Gasteiger charge is -2.22. The summed E-state index contributed by atoms with van der Waals surface area (Å²) in [6, 6.07) is 4.90. The number of rotatable bonds is 7. The van der Waals surface area contributed by atoms with Gasteiger partial charge in [-0.3, -0.25) is 4.79 Å². The Labute approximate surface area is 141 Å². The molecule has 0 saturated carbocycles. The smallest absolute Gasteiger partial charge is 0.239 e. The molecule has 0 fully saturated rings. The maximum absolute atomic E-state index is 12.2. The van der Waals surface area contributed by atoms with E-state index in [4.69, 9.17) is 22.1 Å². The van der Waals surface area contributed by atoms with Crippen molar-refractivity contribution < 1.29 is 9.53 Å². The number of ether oxygens (including phenoxy) is 1. The molecule has 0 heterocycles. The minimum atomic E-state index is -0.461. The summed E-state index contributed by atoms with van der Waals surface area (Å²) >= 11 is 7.66. The van der Waals surface area contributed by atoms with E-state index >= 15 is 0 Å². The van der Waals surface area contributed by atoms with E-state index < -0.39 is 6.04 Å². The van der Waals surface area contributed by atoms with Gasteiger partial charge in [0, 0.05) is 24.2 Å². The van der Waals surface area contributed by atoms with E-state index in [1.165, 1.54) is 0 Å². The zero-order valence-electron chi connectivity index (χ0n) is 12.5. The fraction of sp³-hybridized carbons (Fsp3) is 0.500. The number of carbonyl (C=O) groups excluding carboxylic acids is 1. The maximum atomic E-state index is 12.2. The number of likely N-dealkylation sites (N-methyl/N-ethyl adjacent to an activating group) is 1. The molecule has 0 saturated heterocycles. The standard InChI is InChI=1S/C14H21ClN2O2S.ClH/c1-17(14(18)12(16)6-7-20-3)9-10-8-11(15)4-5-13(10)19-2;/h4-5,8,12H,6-7,9,16H2,1-3H3;1H/t12-;/m0./s1. The van der Waals surface area contributed by atoms with Crippen LogP contribution in [0.2, 0.25) is 5.02 Å². The number of nitrogens with two attached hydrogens (primary N) is 1. The predicted molar refractivity (Wildman–Crippen MR) is 92.7 cm³/mol. The molecule has 4 nitrogen and oxygen atoms in total. The Morgan fingerprint density at radius 3 is 2.76 bits per heavy atom. The third-order valence-corrected chi connectivity index (χ3v) is 3.86. The highest BCUT2D eigenvalue weighted by Crippen LogP contribution is 2.23. The first-order chi connectivity index (χ1) is 9.49. The minimum Gasteiger partial charge on any atom is -0.496 e. The Hall–Kier alpha value is -0.620. The highest BCUT2D eigenvalue weighted by molar-refractivity contribution is 7.98. The van der Waals surface area contributed by atoms with Gasteiger partial charge in [0.1, 0.15) is 5.75 Å². The summed E-state index contributed by atoms with van der Waals surface area (Å²) in [6.45, 7) is 0.426. The number of hydrogen-bond acceptors (Lipinski definition) is 4. The fourth-order valence-corrected chi connectivity index (χ4v) is 2.54. The van der Waals surface area contributed by atoms with E-state index in [1.54, 1.807) is 49.0 Å². The molecule has 0 unspecified atom stereocenters. The average Bonchev–Trinajstić information content (AvgIpc) is 2.44. The van der Waals surface area contributed by atoms with Gasteiger partial charge in [-0.05, 0) is 36.6 Å². The number of halogens is 2. The number of amides is 1. The Bertz CT molecular complexity index is 461. The lowest BCUT2D eigenvalue weighted by atomic mass is 10.1. The van der Waals surface area contributed by atoms with Gasteiger partial charge in [-0.25, -0.2) is 0 Å². The van der Waals surface area contributed by atoms with Crippen molar-refractivity contribution >= 4 is 41.7 Å². The number of nitrogens with zero attached hydrogens (tertiary/aromatic N) is 1. The van der Waals surface area contributed by atoms with Crippen molar-refractivity contribution in [2.45, 2.75) is 19.0 Å². The highest BCUT2D eigenvalue weighted by atomic mass is 35.5. The third kappa shape index (κ3) is 6.34. The Kier molecular flexibility index (Phi) is 9.86. The van der Waals surface area contributed by atoms with E-state index in [1.807, 2.05) is 6.26 Å². The summed E-state index contributed by atoms with van der Waals surface area (Å²) in [6.07, 6.45) is 2.68. The first kappa shape index (κ1) is 20.4. The predicted octanol–water partition coefficient (Wildman–Crippen LogP) is 2.81. The third-order valence-electron chi connectivity index (χ3n) is 2.98. The van der Waals surface area contributed by atoms with Crippen molar-refractivity contribution in [1.29, 1.82) is 0 Å². The zero-order chi connectivity index (χ0) is 15.1. The first-order valence-electron chi connectivity index (χ1n) is 6.31. The van der Waals surface area contributed by atoms with E-state index in [-0.39, 0.29) is 18.3 Å². The summed E-state index contributed by atoms with van der Waals surface area (Å²) in [5.41, 5.74) is 6.76. The molecule has 0 aliphatic carbocycles. The van der Waals surface area contributed by atoms with Crippen molar-refractivity contribution in [2.24, 2.45) is 5.73 Å². The van der Waals surface area contributed by atoms with Crippen LogP contribution in [0.1, 0.15) is 12.0 Å². The summed E-state index contributed by atoms with van der Waals surface area (Å²) < 4.78 is 5.28. The molecule has 7 heteroatoms. The Morgan fingerprint density at radius 1 is 1.52 bits per heavy atom. The van der Waals surface area contributed by atoms with Crippen LogP contribution in [0.5, 0.6) is 5.75 Å². The number of thioether (sulfide) groups is 1. The van der Waals surface area contributed by atoms with Crippen molar-refractivity contribution in [3.8, 4) is 5.75 Å². The van der Waals surface area contributed by atoms with Crippen LogP contribution in [0.25, 0.3) is 0 Å². The van der Waals surface area contributed by atoms with Crippen molar-refractivity contribution in [1.82, 2.24) is 4.90 Å². The largest absolute Gasteiger partial charge is 0.496 e. The topological polar surface area (TPSA) is 55.6 Å². The zero-order valence-corrected chi connectivity index (χ0v) is 14.9. The highest BCUT2D eigenvalue weighted by Gasteiger charge is 2.19. The summed E-state index contributed by atoms with van der Waals surface area (Å²) in [5.74, 6) is 1.52. The van der Waals surface area contributed by atoms with Gasteiger partial charge >= 0.3 is 0 Å². The summed E-state index contributed by atoms with van der Waals surface area (Å²) in [5, 5.41) is 0.619. The van der Waals surface area contributed by atoms with Gasteiger partial charge in [0.05, 0.1) is 13.2 Å². The second kappa shape index (κ2) is 10.2. The summed E-state index contributed by atoms with van der Waals surface area (Å²) in [7, 11) is 3.33. The van der Waals surface area contributed by atoms with Crippen LogP contribution in [0, 0.1) is 0 Å². The number of hydrogen-bond donors (Lipinski definition) is 1. The molecule has 1 aromatic rings. The molecule has 0 bridgehead atoms. The monoisotopic (exact) mass is 352 g/mol. The molecule has 1 atom stereocenters. The van der Waals surface area contributed by atoms with Crippen molar-refractivity contribution in [3.63, 3.8) is 0 Å². The van der Waals surface area contributed by atoms with Crippen LogP contribution >= 0.6 is 35.8 Å². The number of methoxy groups -OCH3 is 1. The maximum Gasteiger partial charge on any atom is 0.239 e. The SMILES string of the molecule is COc1ccc(Cl)cc1CN(C)C(=O)[C@@H](N)CCSC.Cl. The van der Waals surface area contributed by atoms with Gasteiger partial charge < -0.3 is 15.4 Å². The van der Waals surface area contributed by atoms with Crippen LogP contribution in [-0.2, 0) is 11.3 Å². The molecule has 0 aromatic heterocycles. The second-order valence-electron chi connectivity index (χ2n) is 4.54. The fourth-order valence-electron chi connectivity index (χ4n) is 1.86. The lowest BCUT2D eigenvalue weighted by Crippen LogP contribution is -2.41.